The molecule has 0 radical (unpaired) electrons. The van der Waals surface area contributed by atoms with Crippen LogP contribution in [0.3, 0.4) is 0 Å². The maximum atomic E-state index is 12.1. The van der Waals surface area contributed by atoms with Gasteiger partial charge in [0.1, 0.15) is 13.2 Å². The molecule has 0 aliphatic rings. The lowest BCUT2D eigenvalue weighted by atomic mass is 10.2. The van der Waals surface area contributed by atoms with Crippen LogP contribution in [0.5, 0.6) is 0 Å². The van der Waals surface area contributed by atoms with Gasteiger partial charge in [-0.05, 0) is 25.1 Å². The summed E-state index contributed by atoms with van der Waals surface area (Å²) in [6, 6.07) is 6.26. The first kappa shape index (κ1) is 15.3. The van der Waals surface area contributed by atoms with Crippen molar-refractivity contribution in [3.05, 3.63) is 33.8 Å². The van der Waals surface area contributed by atoms with E-state index in [0.717, 1.165) is 5.06 Å². The molecule has 0 saturated carbocycles. The van der Waals surface area contributed by atoms with Crippen molar-refractivity contribution in [1.29, 1.82) is 5.26 Å². The lowest BCUT2D eigenvalue weighted by Gasteiger charge is -2.17. The predicted molar refractivity (Wildman–Crippen MR) is 72.5 cm³/mol. The van der Waals surface area contributed by atoms with Gasteiger partial charge in [-0.3, -0.25) is 9.63 Å². The molecule has 4 nitrogen and oxygen atoms in total. The van der Waals surface area contributed by atoms with Crippen LogP contribution in [0.4, 0.5) is 0 Å². The van der Waals surface area contributed by atoms with Crippen LogP contribution in [-0.2, 0) is 4.84 Å². The van der Waals surface area contributed by atoms with Gasteiger partial charge in [0, 0.05) is 15.6 Å². The normalized spacial score (nSPS) is 9.16. The summed E-state index contributed by atoms with van der Waals surface area (Å²) in [5, 5.41) is 10.3. The highest BCUT2D eigenvalue weighted by Crippen LogP contribution is 2.20. The van der Waals surface area contributed by atoms with Crippen molar-refractivity contribution < 1.29 is 9.63 Å². The van der Waals surface area contributed by atoms with Gasteiger partial charge < -0.3 is 0 Å². The molecule has 0 N–H and O–H groups in total. The fourth-order valence-electron chi connectivity index (χ4n) is 1.24. The van der Waals surface area contributed by atoms with Crippen molar-refractivity contribution in [3.63, 3.8) is 0 Å². The van der Waals surface area contributed by atoms with Crippen molar-refractivity contribution in [2.45, 2.75) is 6.92 Å². The molecule has 98 valence electrons. The van der Waals surface area contributed by atoms with Crippen LogP contribution in [0, 0.1) is 23.2 Å². The number of amides is 1. The molecule has 0 atom stereocenters. The van der Waals surface area contributed by atoms with Gasteiger partial charge in [-0.25, -0.2) is 5.06 Å². The predicted octanol–water partition coefficient (Wildman–Crippen LogP) is 2.91. The molecule has 6 heteroatoms. The summed E-state index contributed by atoms with van der Waals surface area (Å²) in [5.74, 6) is 4.77. The fourth-order valence-corrected chi connectivity index (χ4v) is 1.77. The van der Waals surface area contributed by atoms with Gasteiger partial charge in [0.15, 0.2) is 0 Å². The Kier molecular flexibility index (Phi) is 6.18. The molecule has 1 aromatic carbocycles. The molecular formula is C13H10Cl2N2O2. The summed E-state index contributed by atoms with van der Waals surface area (Å²) < 4.78 is 0. The first-order valence-electron chi connectivity index (χ1n) is 5.26. The van der Waals surface area contributed by atoms with Gasteiger partial charge in [0.25, 0.3) is 5.91 Å². The average molecular weight is 297 g/mol. The molecule has 1 rings (SSSR count). The Hall–Kier alpha value is -1.72. The average Bonchev–Trinajstić information content (AvgIpc) is 2.36. The first-order chi connectivity index (χ1) is 9.08. The first-order valence-corrected chi connectivity index (χ1v) is 6.01. The molecule has 0 fully saturated rings. The molecular weight excluding hydrogens is 287 g/mol. The smallest absolute Gasteiger partial charge is 0.267 e. The third-order valence-electron chi connectivity index (χ3n) is 2.02. The third-order valence-corrected chi connectivity index (χ3v) is 2.46. The van der Waals surface area contributed by atoms with E-state index in [1.54, 1.807) is 6.92 Å². The van der Waals surface area contributed by atoms with Crippen LogP contribution in [0.2, 0.25) is 10.0 Å². The Labute approximate surface area is 121 Å². The van der Waals surface area contributed by atoms with Crippen molar-refractivity contribution >= 4 is 29.1 Å². The largest absolute Gasteiger partial charge is 0.278 e. The van der Waals surface area contributed by atoms with Gasteiger partial charge >= 0.3 is 0 Å². The van der Waals surface area contributed by atoms with Crippen LogP contribution in [0.15, 0.2) is 18.2 Å². The quantitative estimate of drug-likeness (QED) is 0.488. The van der Waals surface area contributed by atoms with Crippen LogP contribution < -0.4 is 0 Å². The summed E-state index contributed by atoms with van der Waals surface area (Å²) in [5.41, 5.74) is 0.247. The monoisotopic (exact) mass is 296 g/mol. The maximum absolute atomic E-state index is 12.1. The van der Waals surface area contributed by atoms with E-state index in [1.165, 1.54) is 18.2 Å². The standard InChI is InChI=1S/C13H10Cl2N2O2/c1-2-3-6-19-17(5-4-16)13(18)10-7-11(14)9-12(15)8-10/h7-9H,5-6H2,1H3. The molecule has 0 aromatic heterocycles. The second-order valence-electron chi connectivity index (χ2n) is 3.36. The van der Waals surface area contributed by atoms with E-state index in [9.17, 15) is 4.79 Å². The van der Waals surface area contributed by atoms with E-state index in [-0.39, 0.29) is 18.7 Å². The van der Waals surface area contributed by atoms with Crippen molar-refractivity contribution in [2.75, 3.05) is 13.2 Å². The number of nitrogens with zero attached hydrogens (tertiary/aromatic N) is 2. The minimum absolute atomic E-state index is 0.0260. The number of benzene rings is 1. The van der Waals surface area contributed by atoms with E-state index in [1.807, 2.05) is 6.07 Å². The highest BCUT2D eigenvalue weighted by atomic mass is 35.5. The highest BCUT2D eigenvalue weighted by Gasteiger charge is 2.17. The van der Waals surface area contributed by atoms with Crippen LogP contribution in [-0.4, -0.2) is 24.1 Å². The molecule has 19 heavy (non-hydrogen) atoms. The minimum Gasteiger partial charge on any atom is -0.267 e. The zero-order chi connectivity index (χ0) is 14.3. The van der Waals surface area contributed by atoms with E-state index in [4.69, 9.17) is 33.3 Å². The Morgan fingerprint density at radius 3 is 2.53 bits per heavy atom. The summed E-state index contributed by atoms with van der Waals surface area (Å²) in [6.07, 6.45) is 0. The zero-order valence-electron chi connectivity index (χ0n) is 10.1. The summed E-state index contributed by atoms with van der Waals surface area (Å²) in [6.45, 7) is 1.46. The maximum Gasteiger partial charge on any atom is 0.278 e. The second-order valence-corrected chi connectivity index (χ2v) is 4.23. The van der Waals surface area contributed by atoms with E-state index in [0.29, 0.717) is 10.0 Å². The van der Waals surface area contributed by atoms with Crippen molar-refractivity contribution in [3.8, 4) is 17.9 Å². The molecule has 0 aliphatic heterocycles. The third kappa shape index (κ3) is 4.81. The Morgan fingerprint density at radius 2 is 2.00 bits per heavy atom. The molecule has 0 bridgehead atoms. The molecule has 0 unspecified atom stereocenters. The fraction of sp³-hybridized carbons (Fsp3) is 0.231. The number of hydrogen-bond acceptors (Lipinski definition) is 3. The highest BCUT2D eigenvalue weighted by molar-refractivity contribution is 6.35. The Morgan fingerprint density at radius 1 is 1.37 bits per heavy atom. The molecule has 0 heterocycles. The summed E-state index contributed by atoms with van der Waals surface area (Å²) in [7, 11) is 0. The molecule has 1 aromatic rings. The van der Waals surface area contributed by atoms with Gasteiger partial charge in [-0.15, -0.1) is 5.92 Å². The molecule has 1 amide bonds. The van der Waals surface area contributed by atoms with E-state index >= 15 is 0 Å². The van der Waals surface area contributed by atoms with E-state index < -0.39 is 5.91 Å². The van der Waals surface area contributed by atoms with Gasteiger partial charge in [0.05, 0.1) is 6.07 Å². The van der Waals surface area contributed by atoms with Crippen molar-refractivity contribution in [1.82, 2.24) is 5.06 Å². The topological polar surface area (TPSA) is 53.3 Å². The number of nitriles is 1. The zero-order valence-corrected chi connectivity index (χ0v) is 11.6. The van der Waals surface area contributed by atoms with Crippen LogP contribution in [0.25, 0.3) is 0 Å². The van der Waals surface area contributed by atoms with E-state index in [2.05, 4.69) is 11.8 Å². The molecule has 0 aliphatic carbocycles. The van der Waals surface area contributed by atoms with Crippen molar-refractivity contribution in [2.24, 2.45) is 0 Å². The summed E-state index contributed by atoms with van der Waals surface area (Å²) >= 11 is 11.6. The number of rotatable bonds is 4. The van der Waals surface area contributed by atoms with Gasteiger partial charge in [0.2, 0.25) is 0 Å². The van der Waals surface area contributed by atoms with Crippen LogP contribution in [0.1, 0.15) is 17.3 Å². The number of hydroxylamine groups is 2. The number of carbonyl (C=O) groups is 1. The van der Waals surface area contributed by atoms with Gasteiger partial charge in [-0.2, -0.15) is 5.26 Å². The Balaban J connectivity index is 2.91. The van der Waals surface area contributed by atoms with Gasteiger partial charge in [-0.1, -0.05) is 29.1 Å². The second kappa shape index (κ2) is 7.66. The number of carbonyl (C=O) groups excluding carboxylic acids is 1. The Bertz CT molecular complexity index is 550. The number of halogens is 2. The number of hydrogen-bond donors (Lipinski definition) is 0. The SMILES string of the molecule is CC#CCON(CC#N)C(=O)c1cc(Cl)cc(Cl)c1. The lowest BCUT2D eigenvalue weighted by Crippen LogP contribution is -2.31. The minimum atomic E-state index is -0.496. The van der Waals surface area contributed by atoms with Crippen LogP contribution >= 0.6 is 23.2 Å². The lowest BCUT2D eigenvalue weighted by molar-refractivity contribution is -0.101. The summed E-state index contributed by atoms with van der Waals surface area (Å²) in [4.78, 5) is 17.2. The molecule has 0 spiro atoms. The molecule has 0 saturated heterocycles.